The van der Waals surface area contributed by atoms with Gasteiger partial charge < -0.3 is 19.2 Å². The number of hydrogen-bond donors (Lipinski definition) is 1. The monoisotopic (exact) mass is 242 g/mol. The van der Waals surface area contributed by atoms with Crippen LogP contribution < -0.4 is 5.32 Å². The first kappa shape index (κ1) is 14.2. The van der Waals surface area contributed by atoms with E-state index in [-0.39, 0.29) is 6.29 Å². The number of oxazole rings is 1. The lowest BCUT2D eigenvalue weighted by molar-refractivity contribution is -0.138. The number of rotatable bonds is 9. The predicted octanol–water partition coefficient (Wildman–Crippen LogP) is 1.86. The molecule has 0 aliphatic rings. The van der Waals surface area contributed by atoms with E-state index >= 15 is 0 Å². The quantitative estimate of drug-likeness (QED) is 0.529. The van der Waals surface area contributed by atoms with E-state index in [0.29, 0.717) is 25.6 Å². The van der Waals surface area contributed by atoms with Crippen molar-refractivity contribution in [3.05, 3.63) is 17.8 Å². The first-order valence-electron chi connectivity index (χ1n) is 6.11. The molecule has 0 saturated carbocycles. The summed E-state index contributed by atoms with van der Waals surface area (Å²) in [6, 6.07) is 0. The molecule has 0 unspecified atom stereocenters. The Morgan fingerprint density at radius 3 is 2.59 bits per heavy atom. The molecule has 0 aliphatic heterocycles. The van der Waals surface area contributed by atoms with Gasteiger partial charge in [-0.3, -0.25) is 0 Å². The van der Waals surface area contributed by atoms with Crippen molar-refractivity contribution in [2.45, 2.75) is 40.0 Å². The van der Waals surface area contributed by atoms with E-state index in [9.17, 15) is 0 Å². The normalized spacial score (nSPS) is 11.3. The SMILES string of the molecule is CCOC(CCNCc1ncc(C)o1)OCC. The average molecular weight is 242 g/mol. The molecule has 0 bridgehead atoms. The second-order valence-electron chi connectivity index (χ2n) is 3.67. The number of aromatic nitrogens is 1. The molecule has 0 atom stereocenters. The van der Waals surface area contributed by atoms with E-state index in [1.54, 1.807) is 6.20 Å². The maximum atomic E-state index is 5.44. The van der Waals surface area contributed by atoms with Crippen LogP contribution in [-0.2, 0) is 16.0 Å². The maximum absolute atomic E-state index is 5.44. The van der Waals surface area contributed by atoms with E-state index in [2.05, 4.69) is 10.3 Å². The number of ether oxygens (including phenoxy) is 2. The first-order valence-corrected chi connectivity index (χ1v) is 6.11. The van der Waals surface area contributed by atoms with Gasteiger partial charge >= 0.3 is 0 Å². The Morgan fingerprint density at radius 2 is 2.06 bits per heavy atom. The molecule has 0 saturated heterocycles. The fourth-order valence-electron chi connectivity index (χ4n) is 1.48. The van der Waals surface area contributed by atoms with Crippen LogP contribution in [0.25, 0.3) is 0 Å². The first-order chi connectivity index (χ1) is 8.26. The van der Waals surface area contributed by atoms with Crippen molar-refractivity contribution < 1.29 is 13.9 Å². The number of aryl methyl sites for hydroxylation is 1. The van der Waals surface area contributed by atoms with Gasteiger partial charge in [-0.1, -0.05) is 0 Å². The van der Waals surface area contributed by atoms with Crippen LogP contribution in [0.3, 0.4) is 0 Å². The molecular formula is C12H22N2O3. The smallest absolute Gasteiger partial charge is 0.208 e. The Labute approximate surface area is 103 Å². The lowest BCUT2D eigenvalue weighted by atomic mass is 10.4. The summed E-state index contributed by atoms with van der Waals surface area (Å²) in [5, 5.41) is 3.25. The molecule has 0 radical (unpaired) electrons. The molecule has 1 N–H and O–H groups in total. The topological polar surface area (TPSA) is 56.5 Å². The molecule has 1 heterocycles. The molecule has 0 amide bonds. The summed E-state index contributed by atoms with van der Waals surface area (Å²) >= 11 is 0. The summed E-state index contributed by atoms with van der Waals surface area (Å²) < 4.78 is 16.2. The zero-order valence-corrected chi connectivity index (χ0v) is 10.9. The molecule has 5 heteroatoms. The van der Waals surface area contributed by atoms with Crippen LogP contribution in [0.15, 0.2) is 10.6 Å². The molecule has 0 fully saturated rings. The summed E-state index contributed by atoms with van der Waals surface area (Å²) in [7, 11) is 0. The van der Waals surface area contributed by atoms with Crippen molar-refractivity contribution in [2.75, 3.05) is 19.8 Å². The van der Waals surface area contributed by atoms with Gasteiger partial charge in [0.15, 0.2) is 6.29 Å². The van der Waals surface area contributed by atoms with Crippen LogP contribution in [0.5, 0.6) is 0 Å². The second-order valence-corrected chi connectivity index (χ2v) is 3.67. The third kappa shape index (κ3) is 5.81. The third-order valence-corrected chi connectivity index (χ3v) is 2.21. The van der Waals surface area contributed by atoms with E-state index in [4.69, 9.17) is 13.9 Å². The van der Waals surface area contributed by atoms with E-state index < -0.39 is 0 Å². The van der Waals surface area contributed by atoms with Crippen molar-refractivity contribution in [1.82, 2.24) is 10.3 Å². The van der Waals surface area contributed by atoms with Gasteiger partial charge in [0.05, 0.1) is 12.7 Å². The highest BCUT2D eigenvalue weighted by atomic mass is 16.7. The van der Waals surface area contributed by atoms with Crippen LogP contribution in [-0.4, -0.2) is 31.0 Å². The van der Waals surface area contributed by atoms with Crippen LogP contribution in [0.4, 0.5) is 0 Å². The van der Waals surface area contributed by atoms with Crippen molar-refractivity contribution >= 4 is 0 Å². The minimum Gasteiger partial charge on any atom is -0.445 e. The number of nitrogens with one attached hydrogen (secondary N) is 1. The second kappa shape index (κ2) is 8.22. The van der Waals surface area contributed by atoms with Gasteiger partial charge in [-0.2, -0.15) is 0 Å². The zero-order valence-electron chi connectivity index (χ0n) is 10.9. The van der Waals surface area contributed by atoms with Crippen LogP contribution in [0.2, 0.25) is 0 Å². The average Bonchev–Trinajstić information content (AvgIpc) is 2.71. The van der Waals surface area contributed by atoms with Gasteiger partial charge in [0, 0.05) is 26.2 Å². The summed E-state index contributed by atoms with van der Waals surface area (Å²) in [5.74, 6) is 1.55. The van der Waals surface area contributed by atoms with Gasteiger partial charge in [-0.25, -0.2) is 4.98 Å². The molecule has 5 nitrogen and oxygen atoms in total. The Morgan fingerprint density at radius 1 is 1.35 bits per heavy atom. The Balaban J connectivity index is 2.13. The predicted molar refractivity (Wildman–Crippen MR) is 64.6 cm³/mol. The van der Waals surface area contributed by atoms with Gasteiger partial charge in [-0.15, -0.1) is 0 Å². The molecule has 0 aromatic carbocycles. The molecule has 98 valence electrons. The van der Waals surface area contributed by atoms with Gasteiger partial charge in [0.2, 0.25) is 5.89 Å². The van der Waals surface area contributed by atoms with Crippen LogP contribution >= 0.6 is 0 Å². The molecule has 17 heavy (non-hydrogen) atoms. The minimum absolute atomic E-state index is 0.121. The van der Waals surface area contributed by atoms with Crippen molar-refractivity contribution in [2.24, 2.45) is 0 Å². The standard InChI is InChI=1S/C12H22N2O3/c1-4-15-12(16-5-2)6-7-13-9-11-14-8-10(3)17-11/h8,12-13H,4-7,9H2,1-3H3. The van der Waals surface area contributed by atoms with Crippen molar-refractivity contribution in [1.29, 1.82) is 0 Å². The summed E-state index contributed by atoms with van der Waals surface area (Å²) in [5.41, 5.74) is 0. The molecule has 0 spiro atoms. The van der Waals surface area contributed by atoms with Crippen molar-refractivity contribution in [3.63, 3.8) is 0 Å². The lowest BCUT2D eigenvalue weighted by Crippen LogP contribution is -2.24. The molecule has 1 aromatic rings. The highest BCUT2D eigenvalue weighted by Gasteiger charge is 2.07. The van der Waals surface area contributed by atoms with Gasteiger partial charge in [0.1, 0.15) is 5.76 Å². The molecule has 1 rings (SSSR count). The Hall–Kier alpha value is -0.910. The molecular weight excluding hydrogens is 220 g/mol. The Bertz CT molecular complexity index is 296. The van der Waals surface area contributed by atoms with Gasteiger partial charge in [0.25, 0.3) is 0 Å². The largest absolute Gasteiger partial charge is 0.445 e. The Kier molecular flexibility index (Phi) is 6.84. The highest BCUT2D eigenvalue weighted by molar-refractivity contribution is 4.90. The van der Waals surface area contributed by atoms with Crippen LogP contribution in [0.1, 0.15) is 31.9 Å². The van der Waals surface area contributed by atoms with Crippen LogP contribution in [0, 0.1) is 6.92 Å². The third-order valence-electron chi connectivity index (χ3n) is 2.21. The zero-order chi connectivity index (χ0) is 12.5. The van der Waals surface area contributed by atoms with E-state index in [1.807, 2.05) is 20.8 Å². The maximum Gasteiger partial charge on any atom is 0.208 e. The number of nitrogens with zero attached hydrogens (tertiary/aromatic N) is 1. The van der Waals surface area contributed by atoms with Crippen molar-refractivity contribution in [3.8, 4) is 0 Å². The summed E-state index contributed by atoms with van der Waals surface area (Å²) in [6.45, 7) is 8.61. The van der Waals surface area contributed by atoms with Gasteiger partial charge in [-0.05, 0) is 20.8 Å². The van der Waals surface area contributed by atoms with E-state index in [0.717, 1.165) is 18.7 Å². The fraction of sp³-hybridized carbons (Fsp3) is 0.750. The molecule has 1 aromatic heterocycles. The summed E-state index contributed by atoms with van der Waals surface area (Å²) in [4.78, 5) is 4.11. The fourth-order valence-corrected chi connectivity index (χ4v) is 1.48. The molecule has 0 aliphatic carbocycles. The number of hydrogen-bond acceptors (Lipinski definition) is 5. The minimum atomic E-state index is -0.121. The van der Waals surface area contributed by atoms with E-state index in [1.165, 1.54) is 0 Å². The summed E-state index contributed by atoms with van der Waals surface area (Å²) in [6.07, 6.45) is 2.42. The lowest BCUT2D eigenvalue weighted by Gasteiger charge is -2.16. The highest BCUT2D eigenvalue weighted by Crippen LogP contribution is 2.02.